The average Bonchev–Trinajstić information content (AvgIpc) is 2.47. The molecule has 3 N–H and O–H groups in total. The number of hydrogen-bond acceptors (Lipinski definition) is 7. The number of nitro groups is 1. The number of benzene rings is 1. The minimum Gasteiger partial charge on any atom is -0.432 e. The van der Waals surface area contributed by atoms with E-state index in [4.69, 9.17) is 10.6 Å². The van der Waals surface area contributed by atoms with Crippen LogP contribution in [0.1, 0.15) is 19.2 Å². The number of nitrogen functional groups attached to an aromatic ring is 1. The van der Waals surface area contributed by atoms with Gasteiger partial charge >= 0.3 is 5.69 Å². The van der Waals surface area contributed by atoms with Crippen LogP contribution in [0.4, 0.5) is 11.5 Å². The Kier molecular flexibility index (Phi) is 4.62. The second kappa shape index (κ2) is 6.62. The van der Waals surface area contributed by atoms with Gasteiger partial charge in [0.15, 0.2) is 0 Å². The molecular formula is C13H15N5O3. The molecule has 0 aliphatic heterocycles. The number of aryl methyl sites for hydroxylation is 1. The number of aromatic nitrogens is 2. The maximum atomic E-state index is 11.0. The van der Waals surface area contributed by atoms with Crippen molar-refractivity contribution in [3.05, 3.63) is 46.3 Å². The predicted molar refractivity (Wildman–Crippen MR) is 77.0 cm³/mol. The second-order valence-corrected chi connectivity index (χ2v) is 4.23. The number of ether oxygens (including phenoxy) is 1. The van der Waals surface area contributed by atoms with Crippen LogP contribution in [-0.4, -0.2) is 14.9 Å². The van der Waals surface area contributed by atoms with Gasteiger partial charge in [0.1, 0.15) is 11.6 Å². The maximum absolute atomic E-state index is 11.0. The summed E-state index contributed by atoms with van der Waals surface area (Å²) >= 11 is 0. The van der Waals surface area contributed by atoms with Crippen molar-refractivity contribution in [1.82, 2.24) is 9.97 Å². The van der Waals surface area contributed by atoms with Crippen LogP contribution in [0.15, 0.2) is 30.3 Å². The first-order chi connectivity index (χ1) is 10.1. The van der Waals surface area contributed by atoms with E-state index >= 15 is 0 Å². The summed E-state index contributed by atoms with van der Waals surface area (Å²) in [6.07, 6.45) is 1.52. The summed E-state index contributed by atoms with van der Waals surface area (Å²) in [6, 6.07) is 7.58. The third-order valence-electron chi connectivity index (χ3n) is 2.65. The van der Waals surface area contributed by atoms with Gasteiger partial charge in [-0.1, -0.05) is 19.1 Å². The molecule has 0 aliphatic rings. The molecule has 21 heavy (non-hydrogen) atoms. The summed E-state index contributed by atoms with van der Waals surface area (Å²) in [5.41, 5.74) is 2.30. The van der Waals surface area contributed by atoms with Crippen molar-refractivity contribution in [2.75, 3.05) is 5.43 Å². The molecule has 8 heteroatoms. The standard InChI is InChI=1S/C13H15N5O3/c1-2-5-11-15-12(17-14)8-13(16-11)21-10-7-4-3-6-9(10)18(19)20/h3-4,6-8H,2,5,14H2,1H3,(H,15,16,17). The zero-order valence-electron chi connectivity index (χ0n) is 11.4. The number of hydrogen-bond donors (Lipinski definition) is 2. The third kappa shape index (κ3) is 3.63. The zero-order valence-corrected chi connectivity index (χ0v) is 11.4. The van der Waals surface area contributed by atoms with E-state index in [1.165, 1.54) is 18.2 Å². The van der Waals surface area contributed by atoms with Gasteiger partial charge in [-0.15, -0.1) is 0 Å². The Hall–Kier alpha value is -2.74. The number of hydrazine groups is 1. The van der Waals surface area contributed by atoms with Crippen molar-refractivity contribution in [3.8, 4) is 11.6 Å². The highest BCUT2D eigenvalue weighted by atomic mass is 16.6. The van der Waals surface area contributed by atoms with E-state index in [0.29, 0.717) is 18.1 Å². The number of nitrogens with one attached hydrogen (secondary N) is 1. The van der Waals surface area contributed by atoms with Crippen LogP contribution in [0.3, 0.4) is 0 Å². The second-order valence-electron chi connectivity index (χ2n) is 4.23. The minimum atomic E-state index is -0.508. The lowest BCUT2D eigenvalue weighted by atomic mass is 10.3. The molecule has 0 radical (unpaired) electrons. The topological polar surface area (TPSA) is 116 Å². The van der Waals surface area contributed by atoms with Crippen molar-refractivity contribution in [3.63, 3.8) is 0 Å². The fourth-order valence-corrected chi connectivity index (χ4v) is 1.74. The molecule has 1 heterocycles. The number of rotatable bonds is 6. The molecule has 2 rings (SSSR count). The van der Waals surface area contributed by atoms with Crippen LogP contribution in [0.25, 0.3) is 0 Å². The lowest BCUT2D eigenvalue weighted by molar-refractivity contribution is -0.385. The van der Waals surface area contributed by atoms with Crippen molar-refractivity contribution in [2.45, 2.75) is 19.8 Å². The highest BCUT2D eigenvalue weighted by Crippen LogP contribution is 2.30. The van der Waals surface area contributed by atoms with Crippen molar-refractivity contribution in [2.24, 2.45) is 5.84 Å². The first-order valence-corrected chi connectivity index (χ1v) is 6.40. The van der Waals surface area contributed by atoms with Gasteiger partial charge < -0.3 is 10.2 Å². The average molecular weight is 289 g/mol. The van der Waals surface area contributed by atoms with E-state index in [0.717, 1.165) is 6.42 Å². The Morgan fingerprint density at radius 2 is 2.14 bits per heavy atom. The smallest absolute Gasteiger partial charge is 0.311 e. The van der Waals surface area contributed by atoms with Gasteiger partial charge in [0, 0.05) is 18.6 Å². The fourth-order valence-electron chi connectivity index (χ4n) is 1.74. The minimum absolute atomic E-state index is 0.117. The van der Waals surface area contributed by atoms with Crippen molar-refractivity contribution < 1.29 is 9.66 Å². The van der Waals surface area contributed by atoms with Gasteiger partial charge in [0.05, 0.1) is 4.92 Å². The number of anilines is 1. The molecular weight excluding hydrogens is 274 g/mol. The molecule has 0 bridgehead atoms. The fraction of sp³-hybridized carbons (Fsp3) is 0.231. The zero-order chi connectivity index (χ0) is 15.2. The molecule has 0 spiro atoms. The van der Waals surface area contributed by atoms with Crippen LogP contribution in [0.5, 0.6) is 11.6 Å². The van der Waals surface area contributed by atoms with Gasteiger partial charge in [-0.3, -0.25) is 10.1 Å². The van der Waals surface area contributed by atoms with E-state index in [9.17, 15) is 10.1 Å². The van der Waals surface area contributed by atoms with E-state index in [1.807, 2.05) is 6.92 Å². The van der Waals surface area contributed by atoms with Gasteiger partial charge in [-0.05, 0) is 12.5 Å². The molecule has 0 amide bonds. The van der Waals surface area contributed by atoms with Gasteiger partial charge in [-0.2, -0.15) is 4.98 Å². The van der Waals surface area contributed by atoms with Crippen molar-refractivity contribution in [1.29, 1.82) is 0 Å². The molecule has 0 fully saturated rings. The van der Waals surface area contributed by atoms with Crippen LogP contribution >= 0.6 is 0 Å². The number of nitro benzene ring substituents is 1. The molecule has 2 aromatic rings. The molecule has 0 aliphatic carbocycles. The van der Waals surface area contributed by atoms with E-state index in [2.05, 4.69) is 15.4 Å². The normalized spacial score (nSPS) is 10.2. The van der Waals surface area contributed by atoms with Gasteiger partial charge in [0.2, 0.25) is 11.6 Å². The van der Waals surface area contributed by atoms with E-state index in [1.54, 1.807) is 12.1 Å². The highest BCUT2D eigenvalue weighted by Gasteiger charge is 2.15. The summed E-state index contributed by atoms with van der Waals surface area (Å²) in [5.74, 6) is 6.62. The molecule has 1 aromatic heterocycles. The highest BCUT2D eigenvalue weighted by molar-refractivity contribution is 5.48. The first kappa shape index (κ1) is 14.7. The summed E-state index contributed by atoms with van der Waals surface area (Å²) < 4.78 is 5.51. The van der Waals surface area contributed by atoms with Crippen LogP contribution in [0.2, 0.25) is 0 Å². The lowest BCUT2D eigenvalue weighted by Gasteiger charge is -2.08. The number of nitrogens with zero attached hydrogens (tertiary/aromatic N) is 3. The summed E-state index contributed by atoms with van der Waals surface area (Å²) in [4.78, 5) is 18.9. The SMILES string of the molecule is CCCc1nc(NN)cc(Oc2ccccc2[N+](=O)[O-])n1. The summed E-state index contributed by atoms with van der Waals surface area (Å²) in [7, 11) is 0. The first-order valence-electron chi connectivity index (χ1n) is 6.40. The molecule has 0 saturated heterocycles. The predicted octanol–water partition coefficient (Wildman–Crippen LogP) is 2.42. The molecule has 0 atom stereocenters. The van der Waals surface area contributed by atoms with Gasteiger partial charge in [-0.25, -0.2) is 10.8 Å². The molecule has 8 nitrogen and oxygen atoms in total. The Morgan fingerprint density at radius 1 is 1.38 bits per heavy atom. The van der Waals surface area contributed by atoms with Crippen molar-refractivity contribution >= 4 is 11.5 Å². The molecule has 110 valence electrons. The summed E-state index contributed by atoms with van der Waals surface area (Å²) in [6.45, 7) is 1.99. The Morgan fingerprint density at radius 3 is 2.81 bits per heavy atom. The maximum Gasteiger partial charge on any atom is 0.311 e. The van der Waals surface area contributed by atoms with Crippen LogP contribution in [-0.2, 0) is 6.42 Å². The Labute approximate surface area is 121 Å². The third-order valence-corrected chi connectivity index (χ3v) is 2.65. The Balaban J connectivity index is 2.35. The Bertz CT molecular complexity index is 647. The van der Waals surface area contributed by atoms with E-state index in [-0.39, 0.29) is 17.3 Å². The number of para-hydroxylation sites is 2. The van der Waals surface area contributed by atoms with Crippen LogP contribution < -0.4 is 16.0 Å². The molecule has 1 aromatic carbocycles. The largest absolute Gasteiger partial charge is 0.432 e. The summed E-state index contributed by atoms with van der Waals surface area (Å²) in [5, 5.41) is 11.0. The molecule has 0 unspecified atom stereocenters. The molecule has 0 saturated carbocycles. The van der Waals surface area contributed by atoms with Gasteiger partial charge in [0.25, 0.3) is 0 Å². The monoisotopic (exact) mass is 289 g/mol. The number of nitrogens with two attached hydrogens (primary N) is 1. The van der Waals surface area contributed by atoms with E-state index < -0.39 is 4.92 Å². The quantitative estimate of drug-likeness (QED) is 0.476. The van der Waals surface area contributed by atoms with Crippen LogP contribution in [0, 0.1) is 10.1 Å². The lowest BCUT2D eigenvalue weighted by Crippen LogP contribution is -2.11.